The lowest BCUT2D eigenvalue weighted by atomic mass is 10.1. The Labute approximate surface area is 258 Å². The number of hydrogen-bond donors (Lipinski definition) is 2. The van der Waals surface area contributed by atoms with E-state index in [1.165, 1.54) is 12.3 Å². The highest BCUT2D eigenvalue weighted by molar-refractivity contribution is 6.06. The summed E-state index contributed by atoms with van der Waals surface area (Å²) in [7, 11) is 2.08. The second-order valence-corrected chi connectivity index (χ2v) is 11.4. The van der Waals surface area contributed by atoms with Crippen LogP contribution in [0.2, 0.25) is 0 Å². The number of aryl methyl sites for hydroxylation is 2. The maximum Gasteiger partial charge on any atom is 0.262 e. The minimum absolute atomic E-state index is 0.0227. The van der Waals surface area contributed by atoms with Crippen LogP contribution >= 0.6 is 0 Å². The molecule has 5 rings (SSSR count). The number of aromatic nitrogens is 2. The number of anilines is 4. The van der Waals surface area contributed by atoms with Gasteiger partial charge in [0.25, 0.3) is 5.91 Å². The van der Waals surface area contributed by atoms with Crippen molar-refractivity contribution in [3.05, 3.63) is 89.4 Å². The molecule has 9 nitrogen and oxygen atoms in total. The van der Waals surface area contributed by atoms with Crippen molar-refractivity contribution in [1.82, 2.24) is 14.9 Å². The third-order valence-electron chi connectivity index (χ3n) is 7.64. The lowest BCUT2D eigenvalue weighted by Crippen LogP contribution is -2.50. The molecule has 0 spiro atoms. The number of nitrogens with one attached hydrogen (secondary N) is 2. The number of hydrogen-bond acceptors (Lipinski definition) is 8. The zero-order valence-electron chi connectivity index (χ0n) is 26.0. The van der Waals surface area contributed by atoms with Gasteiger partial charge < -0.3 is 29.9 Å². The fourth-order valence-corrected chi connectivity index (χ4v) is 5.08. The number of halogens is 1. The van der Waals surface area contributed by atoms with Crippen LogP contribution in [0.25, 0.3) is 0 Å². The van der Waals surface area contributed by atoms with Crippen LogP contribution in [0.15, 0.2) is 66.9 Å². The third-order valence-corrected chi connectivity index (χ3v) is 7.64. The summed E-state index contributed by atoms with van der Waals surface area (Å²) in [6, 6.07) is 18.3. The minimum Gasteiger partial charge on any atom is -0.487 e. The summed E-state index contributed by atoms with van der Waals surface area (Å²) in [6.45, 7) is 12.2. The van der Waals surface area contributed by atoms with Gasteiger partial charge in [-0.2, -0.15) is 4.98 Å². The van der Waals surface area contributed by atoms with Crippen LogP contribution in [0.5, 0.6) is 17.4 Å². The standard InChI is InChI=1S/C34H39FN6O3/c1-21(2)43-29-12-7-8-13-30(29)44-33-26(32(42)38-31-22(3)10-9-11-23(31)4)19-36-34(39-33)37-25-14-15-28(27(35)18-25)41-17-16-40(6)24(5)20-41/h7-15,18-19,21,24H,16-17,20H2,1-6H3,(H,38,42)(H,36,37,39). The van der Waals surface area contributed by atoms with E-state index in [1.807, 2.05) is 58.0 Å². The molecule has 2 heterocycles. The Kier molecular flexibility index (Phi) is 9.29. The first-order valence-electron chi connectivity index (χ1n) is 14.8. The van der Waals surface area contributed by atoms with Crippen molar-refractivity contribution in [2.75, 3.05) is 42.2 Å². The van der Waals surface area contributed by atoms with E-state index in [2.05, 4.69) is 44.4 Å². The molecule has 230 valence electrons. The van der Waals surface area contributed by atoms with Gasteiger partial charge in [-0.15, -0.1) is 0 Å². The largest absolute Gasteiger partial charge is 0.487 e. The molecule has 1 aliphatic heterocycles. The van der Waals surface area contributed by atoms with Crippen molar-refractivity contribution in [2.45, 2.75) is 46.8 Å². The molecule has 1 amide bonds. The average Bonchev–Trinajstić information content (AvgIpc) is 2.97. The summed E-state index contributed by atoms with van der Waals surface area (Å²) in [6.07, 6.45) is 1.30. The van der Waals surface area contributed by atoms with Gasteiger partial charge in [-0.25, -0.2) is 9.37 Å². The lowest BCUT2D eigenvalue weighted by molar-refractivity contribution is 0.102. The highest BCUT2D eigenvalue weighted by atomic mass is 19.1. The highest BCUT2D eigenvalue weighted by Gasteiger charge is 2.24. The number of rotatable bonds is 9. The molecular formula is C34H39FN6O3. The second-order valence-electron chi connectivity index (χ2n) is 11.4. The zero-order chi connectivity index (χ0) is 31.4. The van der Waals surface area contributed by atoms with Crippen LogP contribution in [0, 0.1) is 19.7 Å². The van der Waals surface area contributed by atoms with Gasteiger partial charge in [0, 0.05) is 43.2 Å². The SMILES string of the molecule is Cc1cccc(C)c1NC(=O)c1cnc(Nc2ccc(N3CCN(C)C(C)C3)c(F)c2)nc1Oc1ccccc1OC(C)C. The van der Waals surface area contributed by atoms with E-state index in [0.717, 1.165) is 30.8 Å². The number of carbonyl (C=O) groups is 1. The molecule has 1 aliphatic rings. The first-order valence-corrected chi connectivity index (χ1v) is 14.8. The first-order chi connectivity index (χ1) is 21.1. The van der Waals surface area contributed by atoms with Gasteiger partial charge in [0.15, 0.2) is 11.5 Å². The Morgan fingerprint density at radius 2 is 1.75 bits per heavy atom. The summed E-state index contributed by atoms with van der Waals surface area (Å²) in [5, 5.41) is 6.05. The van der Waals surface area contributed by atoms with Crippen LogP contribution in [-0.4, -0.2) is 59.6 Å². The van der Waals surface area contributed by atoms with Crippen molar-refractivity contribution in [1.29, 1.82) is 0 Å². The molecule has 1 fully saturated rings. The Balaban J connectivity index is 1.44. The molecule has 4 aromatic rings. The molecule has 1 unspecified atom stereocenters. The van der Waals surface area contributed by atoms with Gasteiger partial charge in [-0.05, 0) is 83.1 Å². The number of likely N-dealkylation sites (N-methyl/N-ethyl adjacent to an activating group) is 1. The van der Waals surface area contributed by atoms with Crippen LogP contribution in [0.4, 0.5) is 27.4 Å². The van der Waals surface area contributed by atoms with E-state index in [-0.39, 0.29) is 29.3 Å². The van der Waals surface area contributed by atoms with Crippen LogP contribution in [0.3, 0.4) is 0 Å². The molecule has 1 atom stereocenters. The fraction of sp³-hybridized carbons (Fsp3) is 0.324. The zero-order valence-corrected chi connectivity index (χ0v) is 26.0. The van der Waals surface area contributed by atoms with Crippen molar-refractivity contribution in [3.63, 3.8) is 0 Å². The lowest BCUT2D eigenvalue weighted by Gasteiger charge is -2.39. The normalized spacial score (nSPS) is 15.3. The predicted molar refractivity (Wildman–Crippen MR) is 172 cm³/mol. The Hall–Kier alpha value is -4.70. The van der Waals surface area contributed by atoms with Gasteiger partial charge in [0.1, 0.15) is 11.4 Å². The maximum atomic E-state index is 15.3. The van der Waals surface area contributed by atoms with E-state index in [0.29, 0.717) is 34.6 Å². The summed E-state index contributed by atoms with van der Waals surface area (Å²) < 4.78 is 27.4. The van der Waals surface area contributed by atoms with E-state index in [9.17, 15) is 4.79 Å². The summed E-state index contributed by atoms with van der Waals surface area (Å²) in [4.78, 5) is 26.8. The Morgan fingerprint density at radius 1 is 1.02 bits per heavy atom. The number of amides is 1. The van der Waals surface area contributed by atoms with Gasteiger partial charge in [-0.1, -0.05) is 30.3 Å². The number of piperazine rings is 1. The average molecular weight is 599 g/mol. The molecule has 0 radical (unpaired) electrons. The van der Waals surface area contributed by atoms with Crippen LogP contribution in [0.1, 0.15) is 42.3 Å². The monoisotopic (exact) mass is 598 g/mol. The molecule has 1 saturated heterocycles. The second kappa shape index (κ2) is 13.3. The summed E-state index contributed by atoms with van der Waals surface area (Å²) in [5.41, 5.74) is 3.71. The van der Waals surface area contributed by atoms with Gasteiger partial charge in [0.2, 0.25) is 11.8 Å². The smallest absolute Gasteiger partial charge is 0.262 e. The fourth-order valence-electron chi connectivity index (χ4n) is 5.08. The van der Waals surface area contributed by atoms with E-state index in [1.54, 1.807) is 24.3 Å². The summed E-state index contributed by atoms with van der Waals surface area (Å²) in [5.74, 6) is 0.299. The molecule has 3 aromatic carbocycles. The molecule has 0 saturated carbocycles. The number of benzene rings is 3. The molecule has 2 N–H and O–H groups in total. The van der Waals surface area contributed by atoms with Crippen molar-refractivity contribution >= 4 is 28.9 Å². The van der Waals surface area contributed by atoms with Crippen molar-refractivity contribution in [3.8, 4) is 17.4 Å². The van der Waals surface area contributed by atoms with Crippen molar-refractivity contribution < 1.29 is 18.7 Å². The molecular weight excluding hydrogens is 559 g/mol. The molecule has 0 bridgehead atoms. The molecule has 0 aliphatic carbocycles. The Morgan fingerprint density at radius 3 is 2.43 bits per heavy atom. The highest BCUT2D eigenvalue weighted by Crippen LogP contribution is 2.34. The number of para-hydroxylation sites is 3. The maximum absolute atomic E-state index is 15.3. The quantitative estimate of drug-likeness (QED) is 0.214. The topological polar surface area (TPSA) is 91.9 Å². The third kappa shape index (κ3) is 7.08. The van der Waals surface area contributed by atoms with Gasteiger partial charge >= 0.3 is 0 Å². The first kappa shape index (κ1) is 30.7. The van der Waals surface area contributed by atoms with E-state index in [4.69, 9.17) is 9.47 Å². The van der Waals surface area contributed by atoms with E-state index < -0.39 is 5.91 Å². The van der Waals surface area contributed by atoms with Gasteiger partial charge in [-0.3, -0.25) is 4.79 Å². The minimum atomic E-state index is -0.428. The summed E-state index contributed by atoms with van der Waals surface area (Å²) >= 11 is 0. The van der Waals surface area contributed by atoms with Gasteiger partial charge in [0.05, 0.1) is 11.8 Å². The van der Waals surface area contributed by atoms with Crippen LogP contribution < -0.4 is 25.0 Å². The number of carbonyl (C=O) groups excluding carboxylic acids is 1. The van der Waals surface area contributed by atoms with Crippen molar-refractivity contribution in [2.24, 2.45) is 0 Å². The number of ether oxygens (including phenoxy) is 2. The van der Waals surface area contributed by atoms with Crippen LogP contribution in [-0.2, 0) is 0 Å². The van der Waals surface area contributed by atoms with E-state index >= 15 is 4.39 Å². The Bertz CT molecular complexity index is 1630. The number of nitrogens with zero attached hydrogens (tertiary/aromatic N) is 4. The predicted octanol–water partition coefficient (Wildman–Crippen LogP) is 6.95. The molecule has 44 heavy (non-hydrogen) atoms. The molecule has 10 heteroatoms. The molecule has 1 aromatic heterocycles.